The van der Waals surface area contributed by atoms with Crippen molar-refractivity contribution in [2.45, 2.75) is 11.3 Å². The number of carbonyl (C=O) groups excluding carboxylic acids is 1. The third kappa shape index (κ3) is 5.42. The van der Waals surface area contributed by atoms with E-state index in [1.807, 2.05) is 6.07 Å². The van der Waals surface area contributed by atoms with Crippen molar-refractivity contribution in [3.05, 3.63) is 84.2 Å². The predicted molar refractivity (Wildman–Crippen MR) is 118 cm³/mol. The van der Waals surface area contributed by atoms with Crippen LogP contribution in [-0.4, -0.2) is 28.0 Å². The minimum atomic E-state index is -4.13. The van der Waals surface area contributed by atoms with Crippen LogP contribution in [0.3, 0.4) is 0 Å². The molecule has 0 aliphatic rings. The molecule has 32 heavy (non-hydrogen) atoms. The van der Waals surface area contributed by atoms with Gasteiger partial charge in [-0.15, -0.1) is 0 Å². The Hall–Kier alpha value is -3.90. The molecular weight excluding hydrogens is 433 g/mol. The van der Waals surface area contributed by atoms with E-state index in [0.717, 1.165) is 22.0 Å². The number of sulfonamides is 1. The van der Waals surface area contributed by atoms with E-state index < -0.39 is 28.3 Å². The third-order valence-corrected chi connectivity index (χ3v) is 6.36. The first-order valence-electron chi connectivity index (χ1n) is 9.51. The third-order valence-electron chi connectivity index (χ3n) is 4.57. The molecule has 0 fully saturated rings. The molecule has 0 bridgehead atoms. The predicted octanol–water partition coefficient (Wildman–Crippen LogP) is 3.73. The molecule has 1 amide bonds. The van der Waals surface area contributed by atoms with Gasteiger partial charge in [0.25, 0.3) is 10.0 Å². The molecule has 0 saturated carbocycles. The van der Waals surface area contributed by atoms with Gasteiger partial charge in [0.05, 0.1) is 30.2 Å². The Bertz CT molecular complexity index is 1220. The van der Waals surface area contributed by atoms with Crippen molar-refractivity contribution in [3.63, 3.8) is 0 Å². The van der Waals surface area contributed by atoms with Gasteiger partial charge in [-0.05, 0) is 66.2 Å². The fourth-order valence-electron chi connectivity index (χ4n) is 2.93. The van der Waals surface area contributed by atoms with E-state index >= 15 is 0 Å². The number of hydrogen-bond acceptors (Lipinski definition) is 5. The first-order chi connectivity index (χ1) is 15.3. The van der Waals surface area contributed by atoms with Gasteiger partial charge in [-0.1, -0.05) is 12.1 Å². The summed E-state index contributed by atoms with van der Waals surface area (Å²) in [5.41, 5.74) is 1.39. The van der Waals surface area contributed by atoms with Crippen LogP contribution in [0.4, 0.5) is 15.8 Å². The van der Waals surface area contributed by atoms with Gasteiger partial charge in [-0.25, -0.2) is 12.8 Å². The molecule has 0 aliphatic carbocycles. The smallest absolute Gasteiger partial charge is 0.264 e. The fourth-order valence-corrected chi connectivity index (χ4v) is 4.35. The Morgan fingerprint density at radius 3 is 2.22 bits per heavy atom. The van der Waals surface area contributed by atoms with Crippen molar-refractivity contribution in [2.24, 2.45) is 0 Å². The Labute approximate surface area is 185 Å². The van der Waals surface area contributed by atoms with Gasteiger partial charge in [0.15, 0.2) is 0 Å². The molecule has 0 unspecified atom stereocenters. The Morgan fingerprint density at radius 2 is 1.66 bits per heavy atom. The van der Waals surface area contributed by atoms with E-state index in [4.69, 9.17) is 10.00 Å². The van der Waals surface area contributed by atoms with Gasteiger partial charge in [0.2, 0.25) is 5.91 Å². The SMILES string of the molecule is COc1ccc(S(=O)(=O)N(CC(=O)Nc2ccc(CC#N)cc2)c2ccc(F)cc2)cc1. The summed E-state index contributed by atoms with van der Waals surface area (Å²) in [4.78, 5) is 12.6. The van der Waals surface area contributed by atoms with Gasteiger partial charge < -0.3 is 10.1 Å². The number of anilines is 2. The normalized spacial score (nSPS) is 10.8. The van der Waals surface area contributed by atoms with E-state index in [-0.39, 0.29) is 17.0 Å². The largest absolute Gasteiger partial charge is 0.497 e. The van der Waals surface area contributed by atoms with Gasteiger partial charge in [-0.2, -0.15) is 5.26 Å². The number of nitrogens with zero attached hydrogens (tertiary/aromatic N) is 2. The zero-order chi connectivity index (χ0) is 23.1. The highest BCUT2D eigenvalue weighted by molar-refractivity contribution is 7.92. The van der Waals surface area contributed by atoms with Crippen LogP contribution in [0.25, 0.3) is 0 Å². The summed E-state index contributed by atoms with van der Waals surface area (Å²) >= 11 is 0. The Morgan fingerprint density at radius 1 is 1.03 bits per heavy atom. The second-order valence-electron chi connectivity index (χ2n) is 6.74. The Kier molecular flexibility index (Phi) is 7.07. The summed E-state index contributed by atoms with van der Waals surface area (Å²) in [6.07, 6.45) is 0.243. The molecule has 7 nitrogen and oxygen atoms in total. The molecule has 0 saturated heterocycles. The van der Waals surface area contributed by atoms with Crippen molar-refractivity contribution in [1.82, 2.24) is 0 Å². The van der Waals surface area contributed by atoms with Gasteiger partial charge in [0, 0.05) is 5.69 Å². The average Bonchev–Trinajstić information content (AvgIpc) is 2.79. The van der Waals surface area contributed by atoms with Crippen molar-refractivity contribution in [1.29, 1.82) is 5.26 Å². The molecule has 164 valence electrons. The first-order valence-corrected chi connectivity index (χ1v) is 11.0. The standard InChI is InChI=1S/C23H20FN3O4S/c1-31-21-10-12-22(13-11-21)32(29,30)27(20-8-4-18(24)5-9-20)16-23(28)26-19-6-2-17(3-7-19)14-15-25/h2-13H,14,16H2,1H3,(H,26,28). The van der Waals surface area contributed by atoms with Crippen LogP contribution in [0.2, 0.25) is 0 Å². The van der Waals surface area contributed by atoms with Crippen molar-refractivity contribution in [2.75, 3.05) is 23.3 Å². The molecule has 9 heteroatoms. The maximum atomic E-state index is 13.4. The summed E-state index contributed by atoms with van der Waals surface area (Å²) in [7, 11) is -2.67. The molecule has 3 rings (SSSR count). The number of amides is 1. The summed E-state index contributed by atoms with van der Waals surface area (Å²) in [5.74, 6) is -0.633. The number of ether oxygens (including phenoxy) is 1. The van der Waals surface area contributed by atoms with Crippen LogP contribution in [0, 0.1) is 17.1 Å². The molecular formula is C23H20FN3O4S. The number of halogens is 1. The maximum absolute atomic E-state index is 13.4. The minimum absolute atomic E-state index is 0.0451. The number of hydrogen-bond donors (Lipinski definition) is 1. The number of rotatable bonds is 8. The van der Waals surface area contributed by atoms with Crippen molar-refractivity contribution in [3.8, 4) is 11.8 Å². The molecule has 3 aromatic carbocycles. The summed E-state index contributed by atoms with van der Waals surface area (Å²) < 4.78 is 46.0. The second kappa shape index (κ2) is 9.94. The van der Waals surface area contributed by atoms with E-state index in [0.29, 0.717) is 11.4 Å². The van der Waals surface area contributed by atoms with E-state index in [1.54, 1.807) is 24.3 Å². The lowest BCUT2D eigenvalue weighted by Gasteiger charge is -2.24. The summed E-state index contributed by atoms with van der Waals surface area (Å²) in [5, 5.41) is 11.4. The minimum Gasteiger partial charge on any atom is -0.497 e. The lowest BCUT2D eigenvalue weighted by atomic mass is 10.1. The number of carbonyl (C=O) groups is 1. The molecule has 0 aromatic heterocycles. The quantitative estimate of drug-likeness (QED) is 0.560. The van der Waals surface area contributed by atoms with Crippen LogP contribution in [0.5, 0.6) is 5.75 Å². The number of nitrogens with one attached hydrogen (secondary N) is 1. The van der Waals surface area contributed by atoms with Crippen LogP contribution in [-0.2, 0) is 21.2 Å². The monoisotopic (exact) mass is 453 g/mol. The van der Waals surface area contributed by atoms with Gasteiger partial charge in [-0.3, -0.25) is 9.10 Å². The van der Waals surface area contributed by atoms with E-state index in [2.05, 4.69) is 5.32 Å². The highest BCUT2D eigenvalue weighted by Gasteiger charge is 2.27. The number of methoxy groups -OCH3 is 1. The molecule has 0 atom stereocenters. The molecule has 0 spiro atoms. The number of nitriles is 1. The molecule has 0 aliphatic heterocycles. The Balaban J connectivity index is 1.88. The summed E-state index contributed by atoms with van der Waals surface area (Å²) in [6.45, 7) is -0.528. The lowest BCUT2D eigenvalue weighted by Crippen LogP contribution is -2.38. The van der Waals surface area contributed by atoms with Crippen LogP contribution < -0.4 is 14.4 Å². The average molecular weight is 453 g/mol. The van der Waals surface area contributed by atoms with E-state index in [1.165, 1.54) is 43.5 Å². The highest BCUT2D eigenvalue weighted by atomic mass is 32.2. The van der Waals surface area contributed by atoms with Gasteiger partial charge in [0.1, 0.15) is 18.1 Å². The topological polar surface area (TPSA) is 99.5 Å². The summed E-state index contributed by atoms with van der Waals surface area (Å²) in [6, 6.07) is 19.3. The zero-order valence-electron chi connectivity index (χ0n) is 17.2. The maximum Gasteiger partial charge on any atom is 0.264 e. The highest BCUT2D eigenvalue weighted by Crippen LogP contribution is 2.25. The van der Waals surface area contributed by atoms with E-state index in [9.17, 15) is 17.6 Å². The zero-order valence-corrected chi connectivity index (χ0v) is 18.0. The second-order valence-corrected chi connectivity index (χ2v) is 8.61. The van der Waals surface area contributed by atoms with Crippen molar-refractivity contribution < 1.29 is 22.3 Å². The molecule has 0 radical (unpaired) electrons. The molecule has 3 aromatic rings. The van der Waals surface area contributed by atoms with Crippen LogP contribution in [0.15, 0.2) is 77.7 Å². The molecule has 0 heterocycles. The van der Waals surface area contributed by atoms with Crippen molar-refractivity contribution >= 4 is 27.3 Å². The lowest BCUT2D eigenvalue weighted by molar-refractivity contribution is -0.114. The van der Waals surface area contributed by atoms with Crippen LogP contribution >= 0.6 is 0 Å². The van der Waals surface area contributed by atoms with Gasteiger partial charge >= 0.3 is 0 Å². The molecule has 1 N–H and O–H groups in total. The van der Waals surface area contributed by atoms with Crippen LogP contribution in [0.1, 0.15) is 5.56 Å². The first kappa shape index (κ1) is 22.8. The number of benzene rings is 3. The fraction of sp³-hybridized carbons (Fsp3) is 0.130.